The highest BCUT2D eigenvalue weighted by Crippen LogP contribution is 2.42. The molecule has 3 heterocycles. The summed E-state index contributed by atoms with van der Waals surface area (Å²) in [7, 11) is -3.16. The first-order chi connectivity index (χ1) is 11.1. The molecule has 0 aromatic carbocycles. The Morgan fingerprint density at radius 2 is 2.35 bits per heavy atom. The van der Waals surface area contributed by atoms with Crippen LogP contribution in [0.25, 0.3) is 0 Å². The first-order valence-corrected chi connectivity index (χ1v) is 9.70. The van der Waals surface area contributed by atoms with E-state index in [4.69, 9.17) is 9.47 Å². The van der Waals surface area contributed by atoms with Crippen LogP contribution < -0.4 is 0 Å². The zero-order valence-corrected chi connectivity index (χ0v) is 14.3. The fraction of sp³-hybridized carbons (Fsp3) is 0.688. The second kappa shape index (κ2) is 6.84. The third kappa shape index (κ3) is 3.57. The van der Waals surface area contributed by atoms with E-state index in [-0.39, 0.29) is 17.1 Å². The van der Waals surface area contributed by atoms with E-state index in [1.807, 2.05) is 25.1 Å². The molecule has 0 aliphatic carbocycles. The van der Waals surface area contributed by atoms with Crippen molar-refractivity contribution < 1.29 is 17.9 Å². The van der Waals surface area contributed by atoms with Gasteiger partial charge in [0.25, 0.3) is 0 Å². The van der Waals surface area contributed by atoms with E-state index in [0.717, 1.165) is 5.69 Å². The van der Waals surface area contributed by atoms with Gasteiger partial charge in [0.2, 0.25) is 10.0 Å². The molecule has 128 valence electrons. The highest BCUT2D eigenvalue weighted by Gasteiger charge is 2.53. The van der Waals surface area contributed by atoms with Gasteiger partial charge in [-0.15, -0.1) is 0 Å². The van der Waals surface area contributed by atoms with Crippen molar-refractivity contribution in [1.82, 2.24) is 9.29 Å². The average molecular weight is 340 g/mol. The van der Waals surface area contributed by atoms with Gasteiger partial charge in [0.1, 0.15) is 0 Å². The summed E-state index contributed by atoms with van der Waals surface area (Å²) in [5.74, 6) is 0.434. The molecule has 0 saturated carbocycles. The zero-order chi connectivity index (χ0) is 16.3. The van der Waals surface area contributed by atoms with Crippen molar-refractivity contribution in [2.45, 2.75) is 20.0 Å². The fourth-order valence-electron chi connectivity index (χ4n) is 3.43. The van der Waals surface area contributed by atoms with E-state index in [2.05, 4.69) is 4.98 Å². The summed E-state index contributed by atoms with van der Waals surface area (Å²) >= 11 is 0. The molecule has 1 aromatic heterocycles. The van der Waals surface area contributed by atoms with Gasteiger partial charge in [0.05, 0.1) is 37.9 Å². The molecule has 7 heteroatoms. The number of ether oxygens (including phenoxy) is 2. The highest BCUT2D eigenvalue weighted by molar-refractivity contribution is 7.89. The van der Waals surface area contributed by atoms with Gasteiger partial charge in [0.15, 0.2) is 0 Å². The number of aromatic nitrogens is 1. The third-order valence-electron chi connectivity index (χ3n) is 4.71. The van der Waals surface area contributed by atoms with E-state index in [1.165, 1.54) is 0 Å². The number of pyridine rings is 1. The molecule has 0 spiro atoms. The second-order valence-electron chi connectivity index (χ2n) is 6.50. The van der Waals surface area contributed by atoms with Crippen LogP contribution in [0.5, 0.6) is 0 Å². The number of hydrogen-bond acceptors (Lipinski definition) is 5. The first kappa shape index (κ1) is 16.8. The van der Waals surface area contributed by atoms with E-state index < -0.39 is 10.0 Å². The SMILES string of the molecule is CCCS(=O)(=O)N1C[C@@H]2COC[C@]2(COCc2ccccn2)C1. The minimum Gasteiger partial charge on any atom is -0.380 e. The Bertz CT molecular complexity index is 622. The number of nitrogens with zero attached hydrogens (tertiary/aromatic N) is 2. The summed E-state index contributed by atoms with van der Waals surface area (Å²) in [5.41, 5.74) is 0.670. The zero-order valence-electron chi connectivity index (χ0n) is 13.5. The summed E-state index contributed by atoms with van der Waals surface area (Å²) < 4.78 is 37.8. The van der Waals surface area contributed by atoms with Gasteiger partial charge >= 0.3 is 0 Å². The minimum absolute atomic E-state index is 0.213. The van der Waals surface area contributed by atoms with Gasteiger partial charge in [-0.3, -0.25) is 4.98 Å². The topological polar surface area (TPSA) is 68.7 Å². The van der Waals surface area contributed by atoms with Crippen LogP contribution in [0.4, 0.5) is 0 Å². The summed E-state index contributed by atoms with van der Waals surface area (Å²) in [6.45, 7) is 5.08. The Balaban J connectivity index is 1.63. The van der Waals surface area contributed by atoms with Crippen molar-refractivity contribution in [3.8, 4) is 0 Å². The monoisotopic (exact) mass is 340 g/mol. The van der Waals surface area contributed by atoms with Gasteiger partial charge in [-0.2, -0.15) is 0 Å². The van der Waals surface area contributed by atoms with Crippen molar-refractivity contribution >= 4 is 10.0 Å². The smallest absolute Gasteiger partial charge is 0.214 e. The Kier molecular flexibility index (Phi) is 5.01. The van der Waals surface area contributed by atoms with Crippen LogP contribution >= 0.6 is 0 Å². The van der Waals surface area contributed by atoms with Gasteiger partial charge in [-0.1, -0.05) is 13.0 Å². The Labute approximate surface area is 137 Å². The second-order valence-corrected chi connectivity index (χ2v) is 8.59. The van der Waals surface area contributed by atoms with Crippen LogP contribution in [0.15, 0.2) is 24.4 Å². The quantitative estimate of drug-likeness (QED) is 0.748. The summed E-state index contributed by atoms with van der Waals surface area (Å²) in [6.07, 6.45) is 2.39. The molecule has 2 atom stereocenters. The molecule has 1 aromatic rings. The summed E-state index contributed by atoms with van der Waals surface area (Å²) in [4.78, 5) is 4.24. The van der Waals surface area contributed by atoms with Crippen molar-refractivity contribution in [3.05, 3.63) is 30.1 Å². The number of sulfonamides is 1. The number of hydrogen-bond donors (Lipinski definition) is 0. The predicted molar refractivity (Wildman–Crippen MR) is 86.3 cm³/mol. The lowest BCUT2D eigenvalue weighted by molar-refractivity contribution is 0.0212. The molecule has 0 radical (unpaired) electrons. The van der Waals surface area contributed by atoms with Crippen molar-refractivity contribution in [3.63, 3.8) is 0 Å². The standard InChI is InChI=1S/C16H24N2O4S/c1-2-7-23(19,20)18-8-14-9-21-12-16(14,11-18)13-22-10-15-5-3-4-6-17-15/h3-6,14H,2,7-13H2,1H3/t14-,16+/m1/s1. The molecular weight excluding hydrogens is 316 g/mol. The maximum Gasteiger partial charge on any atom is 0.214 e. The normalized spacial score (nSPS) is 28.1. The molecule has 0 unspecified atom stereocenters. The van der Waals surface area contributed by atoms with E-state index in [9.17, 15) is 8.42 Å². The molecule has 2 fully saturated rings. The van der Waals surface area contributed by atoms with Crippen molar-refractivity contribution in [2.75, 3.05) is 38.7 Å². The lowest BCUT2D eigenvalue weighted by Gasteiger charge is -2.26. The van der Waals surface area contributed by atoms with E-state index in [1.54, 1.807) is 10.5 Å². The Hall–Kier alpha value is -1.02. The minimum atomic E-state index is -3.16. The maximum absolute atomic E-state index is 12.3. The van der Waals surface area contributed by atoms with Crippen LogP contribution in [0.2, 0.25) is 0 Å². The Morgan fingerprint density at radius 3 is 3.09 bits per heavy atom. The molecule has 3 rings (SSSR count). The van der Waals surface area contributed by atoms with Crippen LogP contribution in [-0.4, -0.2) is 56.4 Å². The van der Waals surface area contributed by atoms with E-state index >= 15 is 0 Å². The number of rotatable bonds is 7. The molecule has 0 bridgehead atoms. The molecule has 0 N–H and O–H groups in total. The van der Waals surface area contributed by atoms with Gasteiger partial charge in [-0.05, 0) is 18.6 Å². The number of fused-ring (bicyclic) bond motifs is 1. The van der Waals surface area contributed by atoms with Crippen LogP contribution in [0.3, 0.4) is 0 Å². The third-order valence-corrected chi connectivity index (χ3v) is 6.70. The molecule has 6 nitrogen and oxygen atoms in total. The van der Waals surface area contributed by atoms with Crippen LogP contribution in [-0.2, 0) is 26.1 Å². The summed E-state index contributed by atoms with van der Waals surface area (Å²) in [6, 6.07) is 5.73. The molecule has 2 aliphatic rings. The van der Waals surface area contributed by atoms with Crippen LogP contribution in [0.1, 0.15) is 19.0 Å². The van der Waals surface area contributed by atoms with E-state index in [0.29, 0.717) is 45.9 Å². The highest BCUT2D eigenvalue weighted by atomic mass is 32.2. The van der Waals surface area contributed by atoms with Crippen molar-refractivity contribution in [2.24, 2.45) is 11.3 Å². The first-order valence-electron chi connectivity index (χ1n) is 8.09. The summed E-state index contributed by atoms with van der Waals surface area (Å²) in [5, 5.41) is 0. The predicted octanol–water partition coefficient (Wildman–Crippen LogP) is 1.29. The van der Waals surface area contributed by atoms with Gasteiger partial charge in [-0.25, -0.2) is 12.7 Å². The molecule has 2 saturated heterocycles. The molecule has 2 aliphatic heterocycles. The largest absolute Gasteiger partial charge is 0.380 e. The maximum atomic E-state index is 12.3. The van der Waals surface area contributed by atoms with Gasteiger partial charge in [0, 0.05) is 30.6 Å². The fourth-order valence-corrected chi connectivity index (χ4v) is 5.06. The molecular formula is C16H24N2O4S. The van der Waals surface area contributed by atoms with Gasteiger partial charge < -0.3 is 9.47 Å². The van der Waals surface area contributed by atoms with Crippen LogP contribution in [0, 0.1) is 11.3 Å². The lowest BCUT2D eigenvalue weighted by atomic mass is 9.82. The molecule has 23 heavy (non-hydrogen) atoms. The Morgan fingerprint density at radius 1 is 1.48 bits per heavy atom. The average Bonchev–Trinajstić information content (AvgIpc) is 3.06. The lowest BCUT2D eigenvalue weighted by Crippen LogP contribution is -2.38. The molecule has 0 amide bonds. The van der Waals surface area contributed by atoms with Crippen molar-refractivity contribution in [1.29, 1.82) is 0 Å².